The maximum absolute atomic E-state index is 12.9. The second kappa shape index (κ2) is 8.09. The molecule has 148 valence electrons. The lowest BCUT2D eigenvalue weighted by Crippen LogP contribution is -2.48. The summed E-state index contributed by atoms with van der Waals surface area (Å²) in [6.45, 7) is 2.10. The van der Waals surface area contributed by atoms with Gasteiger partial charge in [-0.3, -0.25) is 4.79 Å². The molecular weight excluding hydrogens is 352 g/mol. The Hall–Kier alpha value is -2.76. The molecule has 28 heavy (non-hydrogen) atoms. The molecule has 0 saturated carbocycles. The van der Waals surface area contributed by atoms with Crippen LogP contribution in [0.4, 0.5) is 4.79 Å². The molecule has 1 aromatic heterocycles. The minimum absolute atomic E-state index is 0.00309. The molecule has 2 aliphatic heterocycles. The summed E-state index contributed by atoms with van der Waals surface area (Å²) in [7, 11) is 2.02. The van der Waals surface area contributed by atoms with Gasteiger partial charge in [-0.15, -0.1) is 0 Å². The van der Waals surface area contributed by atoms with Crippen molar-refractivity contribution in [2.75, 3.05) is 19.6 Å². The fraction of sp³-hybridized carbons (Fsp3) is 0.455. The van der Waals surface area contributed by atoms with E-state index in [1.165, 1.54) is 11.1 Å². The molecule has 1 fully saturated rings. The summed E-state index contributed by atoms with van der Waals surface area (Å²) in [6, 6.07) is 12.3. The second-order valence-corrected chi connectivity index (χ2v) is 7.74. The molecule has 3 amide bonds. The number of hydrogen-bond acceptors (Lipinski definition) is 2. The number of aromatic nitrogens is 1. The summed E-state index contributed by atoms with van der Waals surface area (Å²) in [6.07, 6.45) is 5.99. The van der Waals surface area contributed by atoms with Crippen LogP contribution >= 0.6 is 0 Å². The van der Waals surface area contributed by atoms with Gasteiger partial charge in [0.25, 0.3) is 0 Å². The third kappa shape index (κ3) is 3.77. The lowest BCUT2D eigenvalue weighted by molar-refractivity contribution is -0.134. The normalized spacial score (nSPS) is 19.2. The maximum Gasteiger partial charge on any atom is 0.318 e. The lowest BCUT2D eigenvalue weighted by Gasteiger charge is -2.36. The quantitative estimate of drug-likeness (QED) is 0.890. The van der Waals surface area contributed by atoms with Gasteiger partial charge < -0.3 is 19.7 Å². The van der Waals surface area contributed by atoms with Crippen molar-refractivity contribution in [3.63, 3.8) is 0 Å². The molecule has 4 rings (SSSR count). The number of benzene rings is 1. The Morgan fingerprint density at radius 1 is 1.07 bits per heavy atom. The van der Waals surface area contributed by atoms with Crippen LogP contribution in [0.3, 0.4) is 0 Å². The zero-order chi connectivity index (χ0) is 19.5. The largest absolute Gasteiger partial charge is 0.353 e. The van der Waals surface area contributed by atoms with Crippen molar-refractivity contribution >= 4 is 11.9 Å². The van der Waals surface area contributed by atoms with Crippen LogP contribution in [0, 0.1) is 0 Å². The zero-order valence-electron chi connectivity index (χ0n) is 16.4. The average Bonchev–Trinajstić information content (AvgIpc) is 3.17. The van der Waals surface area contributed by atoms with Crippen LogP contribution in [0.1, 0.15) is 42.1 Å². The highest BCUT2D eigenvalue weighted by atomic mass is 16.2. The summed E-state index contributed by atoms with van der Waals surface area (Å²) in [4.78, 5) is 29.2. The monoisotopic (exact) mass is 380 g/mol. The number of amides is 3. The standard InChI is InChI=1S/C22H28N4O2/c1-24-12-6-10-19(24)20-9-4-5-13-26(20)21(27)15-23-22(28)25-14-11-17-7-2-3-8-18(17)16-25/h2-3,6-8,10,12,20H,4-5,9,11,13-16H2,1H3,(H,23,28). The SMILES string of the molecule is Cn1cccc1C1CCCCN1C(=O)CNC(=O)N1CCc2ccccc2C1. The Balaban J connectivity index is 1.36. The summed E-state index contributed by atoms with van der Waals surface area (Å²) in [5.74, 6) is -0.00309. The fourth-order valence-corrected chi connectivity index (χ4v) is 4.39. The Kier molecular flexibility index (Phi) is 5.37. The molecule has 0 spiro atoms. The van der Waals surface area contributed by atoms with E-state index >= 15 is 0 Å². The number of nitrogens with zero attached hydrogens (tertiary/aromatic N) is 3. The van der Waals surface area contributed by atoms with Crippen molar-refractivity contribution in [2.45, 2.75) is 38.3 Å². The van der Waals surface area contributed by atoms with E-state index in [4.69, 9.17) is 0 Å². The van der Waals surface area contributed by atoms with Gasteiger partial charge in [0, 0.05) is 38.6 Å². The van der Waals surface area contributed by atoms with Gasteiger partial charge in [0.2, 0.25) is 5.91 Å². The Bertz CT molecular complexity index is 860. The zero-order valence-corrected chi connectivity index (χ0v) is 16.4. The maximum atomic E-state index is 12.9. The van der Waals surface area contributed by atoms with Gasteiger partial charge in [-0.2, -0.15) is 0 Å². The molecule has 2 aromatic rings. The number of fused-ring (bicyclic) bond motifs is 1. The predicted octanol–water partition coefficient (Wildman–Crippen LogP) is 2.85. The lowest BCUT2D eigenvalue weighted by atomic mass is 9.99. The van der Waals surface area contributed by atoms with E-state index < -0.39 is 0 Å². The van der Waals surface area contributed by atoms with E-state index in [-0.39, 0.29) is 24.5 Å². The Morgan fingerprint density at radius 2 is 1.89 bits per heavy atom. The summed E-state index contributed by atoms with van der Waals surface area (Å²) in [5, 5.41) is 2.85. The molecule has 6 heteroatoms. The van der Waals surface area contributed by atoms with Crippen molar-refractivity contribution < 1.29 is 9.59 Å². The van der Waals surface area contributed by atoms with Gasteiger partial charge in [-0.25, -0.2) is 4.79 Å². The van der Waals surface area contributed by atoms with Crippen molar-refractivity contribution in [3.8, 4) is 0 Å². The van der Waals surface area contributed by atoms with Gasteiger partial charge >= 0.3 is 6.03 Å². The predicted molar refractivity (Wildman–Crippen MR) is 108 cm³/mol. The summed E-state index contributed by atoms with van der Waals surface area (Å²) in [5.41, 5.74) is 3.66. The number of carbonyl (C=O) groups excluding carboxylic acids is 2. The smallest absolute Gasteiger partial charge is 0.318 e. The van der Waals surface area contributed by atoms with E-state index in [0.29, 0.717) is 13.1 Å². The van der Waals surface area contributed by atoms with Crippen molar-refractivity contribution in [1.29, 1.82) is 0 Å². The molecule has 3 heterocycles. The number of hydrogen-bond donors (Lipinski definition) is 1. The Morgan fingerprint density at radius 3 is 2.68 bits per heavy atom. The van der Waals surface area contributed by atoms with Gasteiger partial charge in [-0.05, 0) is 48.9 Å². The van der Waals surface area contributed by atoms with Crippen LogP contribution in [-0.4, -0.2) is 45.9 Å². The molecular formula is C22H28N4O2. The molecule has 1 saturated heterocycles. The van der Waals surface area contributed by atoms with Gasteiger partial charge in [-0.1, -0.05) is 24.3 Å². The van der Waals surface area contributed by atoms with Gasteiger partial charge in [0.05, 0.1) is 12.6 Å². The first-order valence-electron chi connectivity index (χ1n) is 10.1. The highest BCUT2D eigenvalue weighted by Gasteiger charge is 2.30. The first kappa shape index (κ1) is 18.6. The number of aryl methyl sites for hydroxylation is 1. The molecule has 6 nitrogen and oxygen atoms in total. The molecule has 1 N–H and O–H groups in total. The first-order valence-corrected chi connectivity index (χ1v) is 10.1. The van der Waals surface area contributed by atoms with Crippen molar-refractivity contribution in [1.82, 2.24) is 19.7 Å². The van der Waals surface area contributed by atoms with E-state index in [9.17, 15) is 9.59 Å². The van der Waals surface area contributed by atoms with Crippen molar-refractivity contribution in [2.24, 2.45) is 7.05 Å². The van der Waals surface area contributed by atoms with Crippen molar-refractivity contribution in [3.05, 3.63) is 59.4 Å². The average molecular weight is 380 g/mol. The van der Waals surface area contributed by atoms with E-state index in [0.717, 1.165) is 37.9 Å². The van der Waals surface area contributed by atoms with Crippen LogP contribution in [0.25, 0.3) is 0 Å². The number of urea groups is 1. The van der Waals surface area contributed by atoms with Gasteiger partial charge in [0.1, 0.15) is 0 Å². The molecule has 1 aromatic carbocycles. The van der Waals surface area contributed by atoms with Crippen LogP contribution in [-0.2, 0) is 24.8 Å². The molecule has 0 aliphatic carbocycles. The summed E-state index contributed by atoms with van der Waals surface area (Å²) < 4.78 is 2.08. The van der Waals surface area contributed by atoms with E-state index in [1.807, 2.05) is 36.3 Å². The number of carbonyl (C=O) groups is 2. The molecule has 1 atom stereocenters. The first-order chi connectivity index (χ1) is 13.6. The molecule has 0 bridgehead atoms. The summed E-state index contributed by atoms with van der Waals surface area (Å²) >= 11 is 0. The molecule has 0 radical (unpaired) electrons. The third-order valence-corrected chi connectivity index (χ3v) is 5.96. The third-order valence-electron chi connectivity index (χ3n) is 5.96. The number of rotatable bonds is 3. The van der Waals surface area contributed by atoms with E-state index in [2.05, 4.69) is 28.1 Å². The topological polar surface area (TPSA) is 57.6 Å². The van der Waals surface area contributed by atoms with Crippen LogP contribution in [0.15, 0.2) is 42.6 Å². The van der Waals surface area contributed by atoms with Crippen LogP contribution in [0.2, 0.25) is 0 Å². The highest BCUT2D eigenvalue weighted by Crippen LogP contribution is 2.30. The van der Waals surface area contributed by atoms with Gasteiger partial charge in [0.15, 0.2) is 0 Å². The number of piperidine rings is 1. The van der Waals surface area contributed by atoms with Crippen LogP contribution < -0.4 is 5.32 Å². The number of nitrogens with one attached hydrogen (secondary N) is 1. The highest BCUT2D eigenvalue weighted by molar-refractivity contribution is 5.84. The minimum Gasteiger partial charge on any atom is -0.353 e. The Labute approximate surface area is 166 Å². The van der Waals surface area contributed by atoms with E-state index in [1.54, 1.807) is 4.90 Å². The molecule has 2 aliphatic rings. The number of likely N-dealkylation sites (tertiary alicyclic amines) is 1. The second-order valence-electron chi connectivity index (χ2n) is 7.74. The van der Waals surface area contributed by atoms with Crippen LogP contribution in [0.5, 0.6) is 0 Å². The minimum atomic E-state index is -0.157. The fourth-order valence-electron chi connectivity index (χ4n) is 4.39. The molecule has 1 unspecified atom stereocenters.